The lowest BCUT2D eigenvalue weighted by Gasteiger charge is -2.38. The molecule has 1 amide bonds. The van der Waals surface area contributed by atoms with Crippen molar-refractivity contribution in [2.75, 3.05) is 23.7 Å². The molecule has 1 aliphatic heterocycles. The topological polar surface area (TPSA) is 53.4 Å². The number of carbonyl (C=O) groups is 1. The van der Waals surface area contributed by atoms with Crippen LogP contribution in [0.4, 0.5) is 11.4 Å². The Kier molecular flexibility index (Phi) is 6.48. The molecule has 2 unspecified atom stereocenters. The van der Waals surface area contributed by atoms with Gasteiger partial charge in [0.1, 0.15) is 24.9 Å². The van der Waals surface area contributed by atoms with Crippen LogP contribution in [0.2, 0.25) is 0 Å². The number of carbonyl (C=O) groups excluding carboxylic acids is 1. The summed E-state index contributed by atoms with van der Waals surface area (Å²) in [5.41, 5.74) is 3.26. The smallest absolute Gasteiger partial charge is 0.247 e. The highest BCUT2D eigenvalue weighted by Crippen LogP contribution is 2.43. The summed E-state index contributed by atoms with van der Waals surface area (Å²) < 4.78 is 8.93. The molecule has 0 radical (unpaired) electrons. The quantitative estimate of drug-likeness (QED) is 0.584. The van der Waals surface area contributed by atoms with Crippen LogP contribution < -0.4 is 27.8 Å². The molecule has 0 aromatic heterocycles. The number of hydrogen-bond donors (Lipinski definition) is 2. The number of nitrogens with one attached hydrogen (secondary N) is 2. The van der Waals surface area contributed by atoms with Gasteiger partial charge in [0, 0.05) is 23.3 Å². The number of hydrogen-bond acceptors (Lipinski definition) is 3. The van der Waals surface area contributed by atoms with Gasteiger partial charge in [0.2, 0.25) is 5.91 Å². The second-order valence-electron chi connectivity index (χ2n) is 7.42. The number of anilines is 2. The molecule has 0 saturated heterocycles. The van der Waals surface area contributed by atoms with E-state index in [-0.39, 0.29) is 24.4 Å². The van der Waals surface area contributed by atoms with E-state index in [2.05, 4.69) is 41.7 Å². The van der Waals surface area contributed by atoms with Gasteiger partial charge in [0.15, 0.2) is 5.71 Å². The Hall–Kier alpha value is -2.53. The first-order valence-electron chi connectivity index (χ1n) is 10.2. The largest absolute Gasteiger partial charge is 1.00 e. The number of ether oxygens (including phenoxy) is 1. The number of benzene rings is 2. The number of nitrogens with zero attached hydrogens (tertiary/aromatic N) is 1. The average molecular weight is 414 g/mol. The van der Waals surface area contributed by atoms with E-state index in [0.717, 1.165) is 60.2 Å². The molecule has 0 spiro atoms. The first kappa shape index (κ1) is 21.2. The molecular formula is C23H28ClN3O2. The van der Waals surface area contributed by atoms with Crippen molar-refractivity contribution >= 4 is 33.8 Å². The zero-order chi connectivity index (χ0) is 19.7. The van der Waals surface area contributed by atoms with Crippen LogP contribution in [0.1, 0.15) is 33.1 Å². The van der Waals surface area contributed by atoms with Crippen LogP contribution in [0.25, 0.3) is 10.8 Å². The summed E-state index contributed by atoms with van der Waals surface area (Å²) in [5.74, 6) is 0.585. The van der Waals surface area contributed by atoms with Crippen LogP contribution in [0.15, 0.2) is 43.0 Å². The molecule has 4 rings (SSSR count). The summed E-state index contributed by atoms with van der Waals surface area (Å²) >= 11 is 0. The fourth-order valence-corrected chi connectivity index (χ4v) is 4.46. The maximum atomic E-state index is 11.9. The third-order valence-corrected chi connectivity index (χ3v) is 5.90. The number of amides is 1. The summed E-state index contributed by atoms with van der Waals surface area (Å²) in [6.45, 7) is 10.0. The van der Waals surface area contributed by atoms with E-state index in [1.807, 2.05) is 24.3 Å². The van der Waals surface area contributed by atoms with Gasteiger partial charge in [-0.2, -0.15) is 0 Å². The van der Waals surface area contributed by atoms with Crippen molar-refractivity contribution in [2.24, 2.45) is 0 Å². The van der Waals surface area contributed by atoms with Crippen LogP contribution in [0, 0.1) is 0 Å². The molecule has 2 aromatic carbocycles. The van der Waals surface area contributed by atoms with E-state index in [1.165, 1.54) is 11.8 Å². The molecule has 0 bridgehead atoms. The average Bonchev–Trinajstić information content (AvgIpc) is 2.73. The SMILES string of the molecule is C=CC(=O)Nc1cc2c(c3ccccc13)NC1CCC(=[N+](CC)CC)CC1O2.[Cl-]. The minimum atomic E-state index is -0.221. The molecule has 5 nitrogen and oxygen atoms in total. The highest BCUT2D eigenvalue weighted by Gasteiger charge is 2.38. The van der Waals surface area contributed by atoms with Gasteiger partial charge < -0.3 is 27.8 Å². The van der Waals surface area contributed by atoms with Crippen molar-refractivity contribution in [3.63, 3.8) is 0 Å². The predicted molar refractivity (Wildman–Crippen MR) is 115 cm³/mol. The monoisotopic (exact) mass is 413 g/mol. The van der Waals surface area contributed by atoms with Crippen LogP contribution in [-0.4, -0.2) is 41.4 Å². The molecule has 154 valence electrons. The number of rotatable bonds is 4. The van der Waals surface area contributed by atoms with Gasteiger partial charge in [0.25, 0.3) is 0 Å². The molecule has 1 aliphatic carbocycles. The van der Waals surface area contributed by atoms with E-state index in [4.69, 9.17) is 4.74 Å². The summed E-state index contributed by atoms with van der Waals surface area (Å²) in [4.78, 5) is 11.9. The van der Waals surface area contributed by atoms with Crippen molar-refractivity contribution in [3.05, 3.63) is 43.0 Å². The zero-order valence-electron chi connectivity index (χ0n) is 17.0. The van der Waals surface area contributed by atoms with Crippen LogP contribution in [0.5, 0.6) is 5.75 Å². The highest BCUT2D eigenvalue weighted by atomic mass is 35.5. The Labute approximate surface area is 178 Å². The maximum absolute atomic E-state index is 11.9. The maximum Gasteiger partial charge on any atom is 0.247 e. The van der Waals surface area contributed by atoms with E-state index in [1.54, 1.807) is 0 Å². The van der Waals surface area contributed by atoms with Gasteiger partial charge in [-0.05, 0) is 26.3 Å². The van der Waals surface area contributed by atoms with Gasteiger partial charge in [-0.3, -0.25) is 4.79 Å². The van der Waals surface area contributed by atoms with Crippen LogP contribution in [-0.2, 0) is 4.79 Å². The van der Waals surface area contributed by atoms with Crippen molar-refractivity contribution in [3.8, 4) is 5.75 Å². The van der Waals surface area contributed by atoms with Crippen molar-refractivity contribution in [2.45, 2.75) is 45.3 Å². The molecule has 2 N–H and O–H groups in total. The first-order valence-corrected chi connectivity index (χ1v) is 10.2. The summed E-state index contributed by atoms with van der Waals surface area (Å²) in [5, 5.41) is 8.73. The second-order valence-corrected chi connectivity index (χ2v) is 7.42. The second kappa shape index (κ2) is 8.87. The predicted octanol–water partition coefficient (Wildman–Crippen LogP) is 1.19. The number of fused-ring (bicyclic) bond motifs is 4. The lowest BCUT2D eigenvalue weighted by atomic mass is 9.88. The Balaban J connectivity index is 0.00000240. The van der Waals surface area contributed by atoms with E-state index < -0.39 is 0 Å². The normalized spacial score (nSPS) is 19.7. The van der Waals surface area contributed by atoms with E-state index in [9.17, 15) is 4.79 Å². The zero-order valence-corrected chi connectivity index (χ0v) is 17.8. The standard InChI is InChI=1S/C23H27N3O2.ClH/c1-4-22(27)24-19-14-21-23(17-10-8-7-9-16(17)19)25-18-12-11-15(13-20(18)28-21)26(5-2)6-3;/h4,7-10,14,18,20,25H,1,5-6,11-13H2,2-3H3;1H. The van der Waals surface area contributed by atoms with Crippen molar-refractivity contribution in [1.82, 2.24) is 0 Å². The molecule has 6 heteroatoms. The van der Waals surface area contributed by atoms with Gasteiger partial charge in [-0.25, -0.2) is 4.58 Å². The Morgan fingerprint density at radius 2 is 2.03 bits per heavy atom. The summed E-state index contributed by atoms with van der Waals surface area (Å²) in [6, 6.07) is 10.3. The van der Waals surface area contributed by atoms with E-state index >= 15 is 0 Å². The Morgan fingerprint density at radius 3 is 2.72 bits per heavy atom. The number of halogens is 1. The van der Waals surface area contributed by atoms with E-state index in [0.29, 0.717) is 6.04 Å². The minimum Gasteiger partial charge on any atom is -1.00 e. The Bertz CT molecular complexity index is 964. The highest BCUT2D eigenvalue weighted by molar-refractivity contribution is 6.10. The first-order chi connectivity index (χ1) is 13.6. The fourth-order valence-electron chi connectivity index (χ4n) is 4.46. The van der Waals surface area contributed by atoms with Gasteiger partial charge in [0.05, 0.1) is 23.8 Å². The minimum absolute atomic E-state index is 0. The molecule has 1 saturated carbocycles. The molecule has 2 aromatic rings. The van der Waals surface area contributed by atoms with Crippen LogP contribution >= 0.6 is 0 Å². The fraction of sp³-hybridized carbons (Fsp3) is 0.391. The molecule has 2 aliphatic rings. The van der Waals surface area contributed by atoms with Crippen LogP contribution in [0.3, 0.4) is 0 Å². The van der Waals surface area contributed by atoms with Crippen molar-refractivity contribution in [1.29, 1.82) is 0 Å². The van der Waals surface area contributed by atoms with Crippen molar-refractivity contribution < 1.29 is 26.5 Å². The van der Waals surface area contributed by atoms with Gasteiger partial charge in [-0.1, -0.05) is 30.8 Å². The summed E-state index contributed by atoms with van der Waals surface area (Å²) in [7, 11) is 0. The third kappa shape index (κ3) is 3.97. The van der Waals surface area contributed by atoms with Gasteiger partial charge in [-0.15, -0.1) is 0 Å². The lowest BCUT2D eigenvalue weighted by molar-refractivity contribution is -0.523. The molecular weight excluding hydrogens is 386 g/mol. The Morgan fingerprint density at radius 1 is 1.31 bits per heavy atom. The third-order valence-electron chi connectivity index (χ3n) is 5.90. The molecule has 2 atom stereocenters. The lowest BCUT2D eigenvalue weighted by Crippen LogP contribution is -3.00. The molecule has 29 heavy (non-hydrogen) atoms. The molecule has 1 heterocycles. The summed E-state index contributed by atoms with van der Waals surface area (Å²) in [6.07, 6.45) is 4.52. The molecule has 1 fully saturated rings. The van der Waals surface area contributed by atoms with Gasteiger partial charge >= 0.3 is 0 Å².